The average molecular weight is 472 g/mol. The number of benzene rings is 3. The second kappa shape index (κ2) is 8.74. The summed E-state index contributed by atoms with van der Waals surface area (Å²) in [6, 6.07) is 18.1. The van der Waals surface area contributed by atoms with E-state index in [9.17, 15) is 13.5 Å². The molecule has 3 aromatic carbocycles. The maximum atomic E-state index is 13.3. The molecule has 0 amide bonds. The SMILES string of the molecule is O=S(=O)(N[C@@H]1c2cccc3cccc(c23)[C@H]1N1CCN(CCO)CC1)c1ccc(Cl)cc1. The van der Waals surface area contributed by atoms with Crippen molar-refractivity contribution in [1.29, 1.82) is 0 Å². The molecule has 32 heavy (non-hydrogen) atoms. The number of β-amino-alcohol motifs (C(OH)–C–C–N with tert-alkyl or cyclic N) is 1. The van der Waals surface area contributed by atoms with Crippen molar-refractivity contribution in [2.24, 2.45) is 0 Å². The van der Waals surface area contributed by atoms with Crippen LogP contribution in [0.25, 0.3) is 10.8 Å². The van der Waals surface area contributed by atoms with Gasteiger partial charge < -0.3 is 5.11 Å². The highest BCUT2D eigenvalue weighted by molar-refractivity contribution is 7.89. The molecule has 1 aliphatic heterocycles. The molecule has 0 spiro atoms. The first-order valence-electron chi connectivity index (χ1n) is 10.8. The van der Waals surface area contributed by atoms with Crippen molar-refractivity contribution in [3.05, 3.63) is 76.8 Å². The fourth-order valence-electron chi connectivity index (χ4n) is 5.05. The number of rotatable bonds is 6. The molecule has 1 fully saturated rings. The number of halogens is 1. The smallest absolute Gasteiger partial charge is 0.241 e. The molecule has 0 saturated carbocycles. The van der Waals surface area contributed by atoms with Crippen LogP contribution in [0.4, 0.5) is 0 Å². The normalized spacial score (nSPS) is 21.9. The Balaban J connectivity index is 1.52. The maximum absolute atomic E-state index is 13.3. The Kier molecular flexibility index (Phi) is 5.96. The third-order valence-electron chi connectivity index (χ3n) is 6.56. The molecule has 1 saturated heterocycles. The van der Waals surface area contributed by atoms with E-state index < -0.39 is 10.0 Å². The first-order chi connectivity index (χ1) is 15.5. The lowest BCUT2D eigenvalue weighted by Crippen LogP contribution is -2.50. The third-order valence-corrected chi connectivity index (χ3v) is 8.27. The molecule has 2 N–H and O–H groups in total. The summed E-state index contributed by atoms with van der Waals surface area (Å²) >= 11 is 5.96. The van der Waals surface area contributed by atoms with Gasteiger partial charge in [0.05, 0.1) is 23.6 Å². The fraction of sp³-hybridized carbons (Fsp3) is 0.333. The van der Waals surface area contributed by atoms with Crippen LogP contribution in [0.5, 0.6) is 0 Å². The number of hydrogen-bond donors (Lipinski definition) is 2. The number of hydrogen-bond acceptors (Lipinski definition) is 5. The lowest BCUT2D eigenvalue weighted by molar-refractivity contribution is 0.0743. The average Bonchev–Trinajstić information content (AvgIpc) is 3.10. The highest BCUT2D eigenvalue weighted by Crippen LogP contribution is 2.47. The fourth-order valence-corrected chi connectivity index (χ4v) is 6.39. The van der Waals surface area contributed by atoms with Crippen LogP contribution < -0.4 is 4.72 Å². The first kappa shape index (κ1) is 21.8. The zero-order valence-electron chi connectivity index (χ0n) is 17.6. The minimum Gasteiger partial charge on any atom is -0.395 e. The highest BCUT2D eigenvalue weighted by Gasteiger charge is 2.41. The van der Waals surface area contributed by atoms with Crippen LogP contribution in [-0.2, 0) is 10.0 Å². The van der Waals surface area contributed by atoms with Gasteiger partial charge in [-0.2, -0.15) is 0 Å². The van der Waals surface area contributed by atoms with Crippen molar-refractivity contribution >= 4 is 32.4 Å². The molecule has 0 radical (unpaired) electrons. The summed E-state index contributed by atoms with van der Waals surface area (Å²) in [5.41, 5.74) is 2.18. The largest absolute Gasteiger partial charge is 0.395 e. The monoisotopic (exact) mass is 471 g/mol. The quantitative estimate of drug-likeness (QED) is 0.577. The van der Waals surface area contributed by atoms with Gasteiger partial charge in [-0.1, -0.05) is 48.0 Å². The van der Waals surface area contributed by atoms with E-state index in [1.807, 2.05) is 18.2 Å². The molecule has 168 valence electrons. The second-order valence-electron chi connectivity index (χ2n) is 8.39. The van der Waals surface area contributed by atoms with Gasteiger partial charge in [-0.05, 0) is 46.2 Å². The number of aliphatic hydroxyl groups excluding tert-OH is 1. The molecule has 2 aliphatic rings. The summed E-state index contributed by atoms with van der Waals surface area (Å²) in [6.07, 6.45) is 0. The molecule has 0 unspecified atom stereocenters. The standard InChI is InChI=1S/C24H26ClN3O3S/c25-18-7-9-19(10-8-18)32(30,31)26-23-20-5-1-3-17-4-2-6-21(22(17)20)24(23)28-13-11-27(12-14-28)15-16-29/h1-10,23-24,26,29H,11-16H2/t23-,24-/m1/s1. The molecule has 1 heterocycles. The molecular formula is C24H26ClN3O3S. The zero-order valence-corrected chi connectivity index (χ0v) is 19.2. The van der Waals surface area contributed by atoms with Crippen molar-refractivity contribution < 1.29 is 13.5 Å². The minimum atomic E-state index is -3.74. The van der Waals surface area contributed by atoms with Crippen molar-refractivity contribution in [1.82, 2.24) is 14.5 Å². The molecule has 3 aromatic rings. The number of piperazine rings is 1. The number of aliphatic hydroxyl groups is 1. The summed E-state index contributed by atoms with van der Waals surface area (Å²) in [5, 5.41) is 12.0. The molecular weight excluding hydrogens is 446 g/mol. The van der Waals surface area contributed by atoms with Gasteiger partial charge in [-0.25, -0.2) is 13.1 Å². The highest BCUT2D eigenvalue weighted by atomic mass is 35.5. The van der Waals surface area contributed by atoms with Crippen molar-refractivity contribution in [2.45, 2.75) is 17.0 Å². The molecule has 1 aliphatic carbocycles. The van der Waals surface area contributed by atoms with Gasteiger partial charge in [0.2, 0.25) is 10.0 Å². The third kappa shape index (κ3) is 3.94. The van der Waals surface area contributed by atoms with E-state index in [2.05, 4.69) is 32.7 Å². The predicted octanol–water partition coefficient (Wildman–Crippen LogP) is 3.18. The zero-order chi connectivity index (χ0) is 22.3. The summed E-state index contributed by atoms with van der Waals surface area (Å²) in [6.45, 7) is 4.14. The van der Waals surface area contributed by atoms with Gasteiger partial charge in [-0.3, -0.25) is 9.80 Å². The van der Waals surface area contributed by atoms with Gasteiger partial charge in [0.15, 0.2) is 0 Å². The Hall–Kier alpha value is -2.00. The second-order valence-corrected chi connectivity index (χ2v) is 10.5. The Labute approximate surface area is 193 Å². The van der Waals surface area contributed by atoms with E-state index in [1.165, 1.54) is 12.1 Å². The predicted molar refractivity (Wildman–Crippen MR) is 126 cm³/mol. The molecule has 2 atom stereocenters. The Bertz CT molecular complexity index is 1220. The number of nitrogens with one attached hydrogen (secondary N) is 1. The summed E-state index contributed by atoms with van der Waals surface area (Å²) in [7, 11) is -3.74. The van der Waals surface area contributed by atoms with Gasteiger partial charge in [-0.15, -0.1) is 0 Å². The van der Waals surface area contributed by atoms with Gasteiger partial charge in [0.1, 0.15) is 0 Å². The molecule has 8 heteroatoms. The first-order valence-corrected chi connectivity index (χ1v) is 12.7. The minimum absolute atomic E-state index is 0.0885. The van der Waals surface area contributed by atoms with E-state index >= 15 is 0 Å². The van der Waals surface area contributed by atoms with E-state index in [0.29, 0.717) is 11.6 Å². The number of sulfonamides is 1. The van der Waals surface area contributed by atoms with Gasteiger partial charge >= 0.3 is 0 Å². The van der Waals surface area contributed by atoms with E-state index in [4.69, 9.17) is 11.6 Å². The van der Waals surface area contributed by atoms with Crippen LogP contribution >= 0.6 is 11.6 Å². The topological polar surface area (TPSA) is 72.9 Å². The lowest BCUT2D eigenvalue weighted by Gasteiger charge is -2.40. The van der Waals surface area contributed by atoms with Crippen molar-refractivity contribution in [3.63, 3.8) is 0 Å². The summed E-state index contributed by atoms with van der Waals surface area (Å²) in [4.78, 5) is 4.82. The van der Waals surface area contributed by atoms with Crippen LogP contribution in [0.3, 0.4) is 0 Å². The maximum Gasteiger partial charge on any atom is 0.241 e. The van der Waals surface area contributed by atoms with E-state index in [0.717, 1.165) is 48.1 Å². The molecule has 5 rings (SSSR count). The Morgan fingerprint density at radius 2 is 1.59 bits per heavy atom. The Morgan fingerprint density at radius 1 is 0.938 bits per heavy atom. The van der Waals surface area contributed by atoms with Crippen LogP contribution in [0.2, 0.25) is 5.02 Å². The Morgan fingerprint density at radius 3 is 2.25 bits per heavy atom. The van der Waals surface area contributed by atoms with E-state index in [-0.39, 0.29) is 23.6 Å². The van der Waals surface area contributed by atoms with Crippen LogP contribution in [-0.4, -0.2) is 62.7 Å². The number of nitrogens with zero attached hydrogens (tertiary/aromatic N) is 2. The van der Waals surface area contributed by atoms with Crippen LogP contribution in [0.1, 0.15) is 23.2 Å². The molecule has 0 bridgehead atoms. The van der Waals surface area contributed by atoms with Gasteiger partial charge in [0, 0.05) is 37.7 Å². The summed E-state index contributed by atoms with van der Waals surface area (Å²) in [5.74, 6) is 0. The molecule has 0 aromatic heterocycles. The van der Waals surface area contributed by atoms with Gasteiger partial charge in [0.25, 0.3) is 0 Å². The van der Waals surface area contributed by atoms with Crippen molar-refractivity contribution in [3.8, 4) is 0 Å². The van der Waals surface area contributed by atoms with Crippen LogP contribution in [0, 0.1) is 0 Å². The van der Waals surface area contributed by atoms with Crippen molar-refractivity contribution in [2.75, 3.05) is 39.3 Å². The molecule has 6 nitrogen and oxygen atoms in total. The lowest BCUT2D eigenvalue weighted by atomic mass is 10.0. The van der Waals surface area contributed by atoms with Crippen LogP contribution in [0.15, 0.2) is 65.6 Å². The summed E-state index contributed by atoms with van der Waals surface area (Å²) < 4.78 is 29.7. The van der Waals surface area contributed by atoms with E-state index in [1.54, 1.807) is 12.1 Å².